The summed E-state index contributed by atoms with van der Waals surface area (Å²) in [4.78, 5) is 20.4. The van der Waals surface area contributed by atoms with Gasteiger partial charge in [0.25, 0.3) is 0 Å². The van der Waals surface area contributed by atoms with E-state index in [1.807, 2.05) is 6.07 Å². The average Bonchev–Trinajstić information content (AvgIpc) is 3.11. The molecule has 1 amide bonds. The summed E-state index contributed by atoms with van der Waals surface area (Å²) in [6.07, 6.45) is 7.55. The Kier molecular flexibility index (Phi) is 8.82. The lowest BCUT2D eigenvalue weighted by molar-refractivity contribution is -0.117. The number of rotatable bonds is 5. The highest BCUT2D eigenvalue weighted by molar-refractivity contribution is 5.90. The quantitative estimate of drug-likeness (QED) is 0.824. The first-order valence-electron chi connectivity index (χ1n) is 8.04. The third-order valence-corrected chi connectivity index (χ3v) is 4.38. The molecule has 1 atom stereocenters. The monoisotopic (exact) mass is 386 g/mol. The Balaban J connectivity index is 0.00000156. The first-order chi connectivity index (χ1) is 11.2. The van der Waals surface area contributed by atoms with Crippen molar-refractivity contribution in [3.63, 3.8) is 0 Å². The maximum absolute atomic E-state index is 12.2. The van der Waals surface area contributed by atoms with Crippen LogP contribution in [-0.4, -0.2) is 38.7 Å². The van der Waals surface area contributed by atoms with Gasteiger partial charge in [0.15, 0.2) is 5.82 Å². The second kappa shape index (κ2) is 10.3. The van der Waals surface area contributed by atoms with Crippen LogP contribution in [0.5, 0.6) is 0 Å². The number of carbonyl (C=O) groups excluding carboxylic acids is 1. The van der Waals surface area contributed by atoms with Crippen LogP contribution < -0.4 is 10.6 Å². The first kappa shape index (κ1) is 21.3. The van der Waals surface area contributed by atoms with Crippen LogP contribution in [0.1, 0.15) is 26.2 Å². The molecule has 1 unspecified atom stereocenters. The molecule has 138 valence electrons. The molecule has 0 spiro atoms. The van der Waals surface area contributed by atoms with Crippen LogP contribution in [-0.2, 0) is 4.79 Å². The zero-order valence-electron chi connectivity index (χ0n) is 14.1. The van der Waals surface area contributed by atoms with E-state index >= 15 is 0 Å². The smallest absolute Gasteiger partial charge is 0.224 e. The summed E-state index contributed by atoms with van der Waals surface area (Å²) in [6, 6.07) is 3.64. The van der Waals surface area contributed by atoms with Gasteiger partial charge in [-0.1, -0.05) is 6.92 Å². The van der Waals surface area contributed by atoms with Crippen LogP contribution >= 0.6 is 24.8 Å². The lowest BCUT2D eigenvalue weighted by Gasteiger charge is -2.27. The topological polar surface area (TPSA) is 84.7 Å². The van der Waals surface area contributed by atoms with Gasteiger partial charge in [-0.05, 0) is 49.9 Å². The summed E-state index contributed by atoms with van der Waals surface area (Å²) in [5.74, 6) is 1.75. The minimum atomic E-state index is 0. The van der Waals surface area contributed by atoms with E-state index in [0.717, 1.165) is 25.9 Å². The normalized spacial score (nSPS) is 15.6. The highest BCUT2D eigenvalue weighted by atomic mass is 35.5. The Hall–Kier alpha value is -1.70. The van der Waals surface area contributed by atoms with E-state index in [-0.39, 0.29) is 30.7 Å². The number of hydrogen-bond acceptors (Lipinski definition) is 5. The van der Waals surface area contributed by atoms with Gasteiger partial charge in [0.05, 0.1) is 11.9 Å². The lowest BCUT2D eigenvalue weighted by Crippen LogP contribution is -2.32. The molecular weight excluding hydrogens is 363 g/mol. The zero-order chi connectivity index (χ0) is 16.1. The predicted octanol–water partition coefficient (Wildman–Crippen LogP) is 2.47. The van der Waals surface area contributed by atoms with Gasteiger partial charge in [-0.25, -0.2) is 14.6 Å². The van der Waals surface area contributed by atoms with Gasteiger partial charge in [-0.2, -0.15) is 5.10 Å². The molecule has 1 fully saturated rings. The van der Waals surface area contributed by atoms with Gasteiger partial charge in [-0.15, -0.1) is 24.8 Å². The van der Waals surface area contributed by atoms with Crippen LogP contribution in [0, 0.1) is 11.8 Å². The molecule has 1 aliphatic rings. The number of aromatic nitrogens is 4. The minimum absolute atomic E-state index is 0. The molecule has 2 aromatic rings. The summed E-state index contributed by atoms with van der Waals surface area (Å²) >= 11 is 0. The molecule has 2 aromatic heterocycles. The fourth-order valence-corrected chi connectivity index (χ4v) is 3.01. The number of amides is 1. The molecule has 1 saturated heterocycles. The summed E-state index contributed by atoms with van der Waals surface area (Å²) in [5, 5.41) is 10.3. The molecule has 0 aromatic carbocycles. The number of hydrogen-bond donors (Lipinski definition) is 2. The molecule has 9 heteroatoms. The number of pyridine rings is 1. The third-order valence-electron chi connectivity index (χ3n) is 4.38. The molecule has 7 nitrogen and oxygen atoms in total. The molecular formula is C16H24Cl2N6O. The lowest BCUT2D eigenvalue weighted by atomic mass is 9.84. The Bertz CT molecular complexity index is 629. The Morgan fingerprint density at radius 3 is 2.72 bits per heavy atom. The summed E-state index contributed by atoms with van der Waals surface area (Å²) in [5.41, 5.74) is 0.705. The van der Waals surface area contributed by atoms with Crippen LogP contribution in [0.25, 0.3) is 5.82 Å². The van der Waals surface area contributed by atoms with Gasteiger partial charge < -0.3 is 10.6 Å². The van der Waals surface area contributed by atoms with E-state index < -0.39 is 0 Å². The highest BCUT2D eigenvalue weighted by Gasteiger charge is 2.22. The van der Waals surface area contributed by atoms with E-state index in [1.54, 1.807) is 23.3 Å². The van der Waals surface area contributed by atoms with E-state index in [0.29, 0.717) is 29.8 Å². The van der Waals surface area contributed by atoms with Crippen molar-refractivity contribution >= 4 is 36.4 Å². The fraction of sp³-hybridized carbons (Fsp3) is 0.500. The van der Waals surface area contributed by atoms with Crippen molar-refractivity contribution in [1.29, 1.82) is 0 Å². The van der Waals surface area contributed by atoms with Crippen molar-refractivity contribution < 1.29 is 4.79 Å². The van der Waals surface area contributed by atoms with E-state index in [9.17, 15) is 4.79 Å². The summed E-state index contributed by atoms with van der Waals surface area (Å²) in [7, 11) is 0. The van der Waals surface area contributed by atoms with Gasteiger partial charge in [-0.3, -0.25) is 4.79 Å². The number of piperidine rings is 1. The highest BCUT2D eigenvalue weighted by Crippen LogP contribution is 2.24. The van der Waals surface area contributed by atoms with Crippen molar-refractivity contribution in [1.82, 2.24) is 25.1 Å². The molecule has 25 heavy (non-hydrogen) atoms. The SMILES string of the molecule is CC(CC(=O)Nc1ccc(-n2cncn2)nc1)C1CCNCC1.Cl.Cl. The summed E-state index contributed by atoms with van der Waals surface area (Å²) < 4.78 is 1.57. The van der Waals surface area contributed by atoms with Gasteiger partial charge in [0, 0.05) is 6.42 Å². The van der Waals surface area contributed by atoms with Crippen molar-refractivity contribution in [2.75, 3.05) is 18.4 Å². The van der Waals surface area contributed by atoms with Gasteiger partial charge in [0.1, 0.15) is 12.7 Å². The van der Waals surface area contributed by atoms with Crippen molar-refractivity contribution in [2.45, 2.75) is 26.2 Å². The molecule has 3 rings (SSSR count). The maximum atomic E-state index is 12.2. The van der Waals surface area contributed by atoms with E-state index in [4.69, 9.17) is 0 Å². The second-order valence-electron chi connectivity index (χ2n) is 6.06. The Labute approximate surface area is 159 Å². The van der Waals surface area contributed by atoms with Gasteiger partial charge in [0.2, 0.25) is 5.91 Å². The van der Waals surface area contributed by atoms with Crippen molar-refractivity contribution in [3.8, 4) is 5.82 Å². The Morgan fingerprint density at radius 2 is 2.12 bits per heavy atom. The third kappa shape index (κ3) is 5.95. The second-order valence-corrected chi connectivity index (χ2v) is 6.06. The molecule has 0 aliphatic carbocycles. The molecule has 1 aliphatic heterocycles. The average molecular weight is 387 g/mol. The number of anilines is 1. The van der Waals surface area contributed by atoms with Crippen LogP contribution in [0.2, 0.25) is 0 Å². The standard InChI is InChI=1S/C16H22N6O.2ClH/c1-12(13-4-6-17-7-5-13)8-16(23)21-14-2-3-15(19-9-14)22-11-18-10-20-22;;/h2-3,9-13,17H,4-8H2,1H3,(H,21,23);2*1H. The molecule has 0 saturated carbocycles. The van der Waals surface area contributed by atoms with Crippen LogP contribution in [0.3, 0.4) is 0 Å². The predicted molar refractivity (Wildman–Crippen MR) is 102 cm³/mol. The van der Waals surface area contributed by atoms with E-state index in [2.05, 4.69) is 32.6 Å². The maximum Gasteiger partial charge on any atom is 0.224 e. The molecule has 0 bridgehead atoms. The van der Waals surface area contributed by atoms with Crippen molar-refractivity contribution in [3.05, 3.63) is 31.0 Å². The number of nitrogens with one attached hydrogen (secondary N) is 2. The Morgan fingerprint density at radius 1 is 1.36 bits per heavy atom. The van der Waals surface area contributed by atoms with Crippen LogP contribution in [0.4, 0.5) is 5.69 Å². The number of carbonyl (C=O) groups is 1. The van der Waals surface area contributed by atoms with Crippen LogP contribution in [0.15, 0.2) is 31.0 Å². The first-order valence-corrected chi connectivity index (χ1v) is 8.04. The zero-order valence-corrected chi connectivity index (χ0v) is 15.7. The molecule has 3 heterocycles. The fourth-order valence-electron chi connectivity index (χ4n) is 3.01. The van der Waals surface area contributed by atoms with Crippen molar-refractivity contribution in [2.24, 2.45) is 11.8 Å². The number of nitrogens with zero attached hydrogens (tertiary/aromatic N) is 4. The molecule has 0 radical (unpaired) electrons. The molecule has 2 N–H and O–H groups in total. The van der Waals surface area contributed by atoms with Gasteiger partial charge >= 0.3 is 0 Å². The van der Waals surface area contributed by atoms with E-state index in [1.165, 1.54) is 6.33 Å². The number of halogens is 2. The largest absolute Gasteiger partial charge is 0.325 e. The minimum Gasteiger partial charge on any atom is -0.325 e. The summed E-state index contributed by atoms with van der Waals surface area (Å²) in [6.45, 7) is 4.29.